The molecule has 0 bridgehead atoms. The maximum atomic E-state index is 12.3. The van der Waals surface area contributed by atoms with Crippen LogP contribution < -0.4 is 4.80 Å². The van der Waals surface area contributed by atoms with Gasteiger partial charge < -0.3 is 4.57 Å². The van der Waals surface area contributed by atoms with Crippen LogP contribution in [0.5, 0.6) is 0 Å². The lowest BCUT2D eigenvalue weighted by Gasteiger charge is -1.99. The smallest absolute Gasteiger partial charge is 0.305 e. The first-order valence-corrected chi connectivity index (χ1v) is 8.98. The number of hydrogen-bond donors (Lipinski definition) is 0. The predicted molar refractivity (Wildman–Crippen MR) is 97.2 cm³/mol. The highest BCUT2D eigenvalue weighted by Gasteiger charge is 2.15. The van der Waals surface area contributed by atoms with Crippen molar-refractivity contribution in [3.05, 3.63) is 54.6 Å². The summed E-state index contributed by atoms with van der Waals surface area (Å²) in [7, 11) is 0. The van der Waals surface area contributed by atoms with Crippen molar-refractivity contribution in [1.82, 2.24) is 4.57 Å². The number of rotatable bonds is 3. The molecular weight excluding hydrogens is 414 g/mol. The van der Waals surface area contributed by atoms with Crippen molar-refractivity contribution in [3.8, 4) is 12.3 Å². The van der Waals surface area contributed by atoms with Gasteiger partial charge in [-0.2, -0.15) is 4.99 Å². The molecule has 0 aliphatic rings. The number of nitrogens with zero attached hydrogens (tertiary/aromatic N) is 3. The Morgan fingerprint density at radius 2 is 2.17 bits per heavy atom. The van der Waals surface area contributed by atoms with E-state index in [-0.39, 0.29) is 16.4 Å². The maximum absolute atomic E-state index is 12.3. The molecule has 0 saturated heterocycles. The van der Waals surface area contributed by atoms with Crippen LogP contribution in [-0.4, -0.2) is 15.4 Å². The Balaban J connectivity index is 2.11. The fourth-order valence-electron chi connectivity index (χ4n) is 2.06. The number of aromatic nitrogens is 1. The highest BCUT2D eigenvalue weighted by atomic mass is 79.9. The zero-order chi connectivity index (χ0) is 17.3. The Hall–Kier alpha value is -2.28. The third kappa shape index (κ3) is 3.17. The van der Waals surface area contributed by atoms with Crippen molar-refractivity contribution in [2.45, 2.75) is 6.54 Å². The zero-order valence-electron chi connectivity index (χ0n) is 11.9. The number of fused-ring (bicyclic) bond motifs is 1. The maximum Gasteiger partial charge on any atom is 0.324 e. The first-order valence-electron chi connectivity index (χ1n) is 6.55. The normalized spacial score (nSPS) is 11.6. The van der Waals surface area contributed by atoms with Gasteiger partial charge in [-0.15, -0.1) is 6.42 Å². The summed E-state index contributed by atoms with van der Waals surface area (Å²) in [4.78, 5) is 27.3. The summed E-state index contributed by atoms with van der Waals surface area (Å²) in [5.41, 5.74) is 0.880. The van der Waals surface area contributed by atoms with Gasteiger partial charge in [0.2, 0.25) is 0 Å². The van der Waals surface area contributed by atoms with Gasteiger partial charge in [-0.05, 0) is 24.3 Å². The summed E-state index contributed by atoms with van der Waals surface area (Å²) in [6, 6.07) is 8.41. The van der Waals surface area contributed by atoms with E-state index in [2.05, 4.69) is 26.8 Å². The summed E-state index contributed by atoms with van der Waals surface area (Å²) in [6.07, 6.45) is 5.41. The first-order chi connectivity index (χ1) is 11.5. The van der Waals surface area contributed by atoms with E-state index in [0.29, 0.717) is 4.80 Å². The average molecular weight is 422 g/mol. The van der Waals surface area contributed by atoms with Gasteiger partial charge in [0, 0.05) is 10.5 Å². The van der Waals surface area contributed by atoms with Gasteiger partial charge in [0.15, 0.2) is 4.80 Å². The molecule has 6 nitrogen and oxygen atoms in total. The van der Waals surface area contributed by atoms with E-state index in [4.69, 9.17) is 6.42 Å². The Morgan fingerprint density at radius 1 is 1.38 bits per heavy atom. The Morgan fingerprint density at radius 3 is 2.83 bits per heavy atom. The average Bonchev–Trinajstić information content (AvgIpc) is 3.13. The van der Waals surface area contributed by atoms with Crippen molar-refractivity contribution in [2.24, 2.45) is 4.99 Å². The van der Waals surface area contributed by atoms with Crippen molar-refractivity contribution in [1.29, 1.82) is 0 Å². The number of halogens is 1. The van der Waals surface area contributed by atoms with E-state index in [0.717, 1.165) is 26.0 Å². The summed E-state index contributed by atoms with van der Waals surface area (Å²) in [6.45, 7) is 0.276. The van der Waals surface area contributed by atoms with E-state index < -0.39 is 10.8 Å². The molecule has 0 aliphatic carbocycles. The number of terminal acetylenes is 1. The number of benzene rings is 1. The fourth-order valence-corrected chi connectivity index (χ4v) is 4.34. The number of nitro groups is 1. The summed E-state index contributed by atoms with van der Waals surface area (Å²) >= 11 is 5.54. The van der Waals surface area contributed by atoms with E-state index >= 15 is 0 Å². The van der Waals surface area contributed by atoms with Crippen LogP contribution in [0.1, 0.15) is 9.67 Å². The number of thiazole rings is 1. The summed E-state index contributed by atoms with van der Waals surface area (Å²) in [5, 5.41) is 10.6. The molecule has 2 heterocycles. The number of amides is 1. The monoisotopic (exact) mass is 421 g/mol. The molecule has 0 saturated carbocycles. The molecule has 24 heavy (non-hydrogen) atoms. The molecule has 0 fully saturated rings. The van der Waals surface area contributed by atoms with Gasteiger partial charge in [-0.1, -0.05) is 44.5 Å². The standard InChI is InChI=1S/C15H8BrN3O3S2/c1-2-7-18-10-4-3-9(16)8-12(10)24-15(18)17-14(20)11-5-6-13(23-11)19(21)22/h1,3-6,8H,7H2. The number of carbonyl (C=O) groups is 1. The van der Waals surface area contributed by atoms with E-state index in [9.17, 15) is 14.9 Å². The molecule has 0 aliphatic heterocycles. The Kier molecular flexibility index (Phi) is 4.62. The van der Waals surface area contributed by atoms with Crippen LogP contribution in [0.4, 0.5) is 5.00 Å². The van der Waals surface area contributed by atoms with Crippen molar-refractivity contribution >= 4 is 59.7 Å². The van der Waals surface area contributed by atoms with Gasteiger partial charge in [-0.25, -0.2) is 0 Å². The van der Waals surface area contributed by atoms with Crippen LogP contribution in [0.3, 0.4) is 0 Å². The molecule has 0 atom stereocenters. The molecule has 2 aromatic heterocycles. The van der Waals surface area contributed by atoms with Gasteiger partial charge >= 0.3 is 5.00 Å². The van der Waals surface area contributed by atoms with E-state index in [1.165, 1.54) is 23.5 Å². The Labute approximate surface area is 152 Å². The minimum Gasteiger partial charge on any atom is -0.305 e. The summed E-state index contributed by atoms with van der Waals surface area (Å²) < 4.78 is 3.62. The first kappa shape index (κ1) is 16.6. The predicted octanol–water partition coefficient (Wildman–Crippen LogP) is 3.81. The van der Waals surface area contributed by atoms with Gasteiger partial charge in [0.05, 0.1) is 21.7 Å². The van der Waals surface area contributed by atoms with E-state index in [1.54, 1.807) is 4.57 Å². The fraction of sp³-hybridized carbons (Fsp3) is 0.0667. The second-order valence-corrected chi connectivity index (χ2v) is 7.59. The molecule has 120 valence electrons. The number of carbonyl (C=O) groups excluding carboxylic acids is 1. The van der Waals surface area contributed by atoms with Gasteiger partial charge in [0.1, 0.15) is 4.88 Å². The van der Waals surface area contributed by atoms with Crippen LogP contribution in [0.15, 0.2) is 39.8 Å². The van der Waals surface area contributed by atoms with Crippen molar-refractivity contribution < 1.29 is 9.72 Å². The number of hydrogen-bond acceptors (Lipinski definition) is 5. The quantitative estimate of drug-likeness (QED) is 0.366. The second-order valence-electron chi connectivity index (χ2n) is 4.60. The SMILES string of the molecule is C#CCn1c(=NC(=O)c2ccc([N+](=O)[O-])s2)sc2cc(Br)ccc21. The summed E-state index contributed by atoms with van der Waals surface area (Å²) in [5.74, 6) is 2.03. The Bertz CT molecular complexity index is 1070. The van der Waals surface area contributed by atoms with Crippen LogP contribution in [0, 0.1) is 22.5 Å². The third-order valence-corrected chi connectivity index (χ3v) is 5.63. The molecule has 0 spiro atoms. The minimum absolute atomic E-state index is 0.0923. The topological polar surface area (TPSA) is 77.5 Å². The molecule has 9 heteroatoms. The second kappa shape index (κ2) is 6.68. The highest BCUT2D eigenvalue weighted by Crippen LogP contribution is 2.25. The molecule has 1 amide bonds. The highest BCUT2D eigenvalue weighted by molar-refractivity contribution is 9.10. The lowest BCUT2D eigenvalue weighted by Crippen LogP contribution is -2.16. The third-order valence-electron chi connectivity index (χ3n) is 3.07. The molecule has 1 aromatic carbocycles. The lowest BCUT2D eigenvalue weighted by atomic mass is 10.3. The molecule has 3 aromatic rings. The van der Waals surface area contributed by atoms with Crippen LogP contribution >= 0.6 is 38.6 Å². The molecule has 3 rings (SSSR count). The van der Waals surface area contributed by atoms with Gasteiger partial charge in [-0.3, -0.25) is 14.9 Å². The van der Waals surface area contributed by atoms with Crippen molar-refractivity contribution in [2.75, 3.05) is 0 Å². The van der Waals surface area contributed by atoms with E-state index in [1.807, 2.05) is 18.2 Å². The largest absolute Gasteiger partial charge is 0.324 e. The zero-order valence-corrected chi connectivity index (χ0v) is 15.2. The minimum atomic E-state index is -0.531. The number of thiophene rings is 1. The molecular formula is C15H8BrN3O3S2. The van der Waals surface area contributed by atoms with Gasteiger partial charge in [0.25, 0.3) is 5.91 Å². The van der Waals surface area contributed by atoms with Crippen LogP contribution in [0.25, 0.3) is 10.2 Å². The van der Waals surface area contributed by atoms with Crippen molar-refractivity contribution in [3.63, 3.8) is 0 Å². The molecule has 0 unspecified atom stereocenters. The van der Waals surface area contributed by atoms with Crippen LogP contribution in [-0.2, 0) is 6.54 Å². The molecule has 0 radical (unpaired) electrons. The molecule has 0 N–H and O–H groups in total. The lowest BCUT2D eigenvalue weighted by molar-refractivity contribution is -0.380. The van der Waals surface area contributed by atoms with Crippen LogP contribution in [0.2, 0.25) is 0 Å².